The summed E-state index contributed by atoms with van der Waals surface area (Å²) in [6, 6.07) is 4.20. The van der Waals surface area contributed by atoms with Crippen molar-refractivity contribution < 1.29 is 76.8 Å². The Morgan fingerprint density at radius 2 is 1.53 bits per heavy atom. The van der Waals surface area contributed by atoms with Crippen LogP contribution in [0.5, 0.6) is 0 Å². The molecular formula is C59H88N6O16. The van der Waals surface area contributed by atoms with Gasteiger partial charge in [0.1, 0.15) is 43.2 Å². The van der Waals surface area contributed by atoms with Crippen molar-refractivity contribution in [2.45, 2.75) is 245 Å². The van der Waals surface area contributed by atoms with Crippen molar-refractivity contribution >= 4 is 29.6 Å². The second kappa shape index (κ2) is 25.9. The molecule has 0 saturated carbocycles. The van der Waals surface area contributed by atoms with Crippen molar-refractivity contribution in [2.24, 2.45) is 29.2 Å². The van der Waals surface area contributed by atoms with Gasteiger partial charge in [-0.3, -0.25) is 9.59 Å². The van der Waals surface area contributed by atoms with Gasteiger partial charge >= 0.3 is 12.1 Å². The lowest BCUT2D eigenvalue weighted by atomic mass is 9.81. The summed E-state index contributed by atoms with van der Waals surface area (Å²) >= 11 is 0. The minimum Gasteiger partial charge on any atom is -0.445 e. The molecule has 0 aliphatic carbocycles. The Hall–Kier alpha value is -4.30. The van der Waals surface area contributed by atoms with Crippen molar-refractivity contribution in [1.29, 1.82) is 0 Å². The first-order valence-corrected chi connectivity index (χ1v) is 29.8. The molecule has 22 atom stereocenters. The Bertz CT molecular complexity index is 2400. The Kier molecular flexibility index (Phi) is 19.1. The maximum atomic E-state index is 13.3. The molecule has 10 N–H and O–H groups in total. The molecule has 1 spiro atoms. The Morgan fingerprint density at radius 1 is 0.802 bits per heavy atom. The van der Waals surface area contributed by atoms with Gasteiger partial charge < -0.3 is 90.3 Å². The molecule has 11 rings (SSSR count). The van der Waals surface area contributed by atoms with Gasteiger partial charge in [-0.2, -0.15) is 0 Å². The smallest absolute Gasteiger partial charge is 0.407 e. The quantitative estimate of drug-likeness (QED) is 0.0855. The third kappa shape index (κ3) is 13.9. The second-order valence-electron chi connectivity index (χ2n) is 24.8. The van der Waals surface area contributed by atoms with Gasteiger partial charge in [-0.25, -0.2) is 9.59 Å². The molecule has 0 radical (unpaired) electrons. The SMILES string of the molecule is C=C1C[C@@H]2CC[C@@]34C[C@H]5OC6C(O[C@H]7CC[C@H](CC(O)C[C@@H]8[C@@H](OC)[C@@H](C[C@H](O)CNC(=O)OCc9ccc(NC(=O)[C@H](CCCNC(N)=O)NC(=O)[C@@H](N)C(C)C)cc9)O[C@H]8C[C@H]8O[C@@H](CCC1O2)C[C@@H](C)C8=C)O[C@@H]7[C@@H]6O3)[C@H]5O4. The van der Waals surface area contributed by atoms with E-state index in [1.54, 1.807) is 45.2 Å². The number of primary amides is 1. The third-order valence-electron chi connectivity index (χ3n) is 18.6. The zero-order chi connectivity index (χ0) is 57.3. The zero-order valence-corrected chi connectivity index (χ0v) is 47.4. The monoisotopic (exact) mass is 1140 g/mol. The number of rotatable bonds is 16. The molecule has 10 fully saturated rings. The van der Waals surface area contributed by atoms with Crippen molar-refractivity contribution in [3.63, 3.8) is 0 Å². The molecule has 1 aromatic carbocycles. The molecule has 450 valence electrons. The fourth-order valence-electron chi connectivity index (χ4n) is 14.1. The van der Waals surface area contributed by atoms with Crippen LogP contribution in [-0.2, 0) is 63.6 Å². The number of ether oxygens (including phenoxy) is 10. The number of anilines is 1. The van der Waals surface area contributed by atoms with Crippen LogP contribution >= 0.6 is 0 Å². The Morgan fingerprint density at radius 3 is 2.30 bits per heavy atom. The number of urea groups is 1. The van der Waals surface area contributed by atoms with Crippen LogP contribution < -0.4 is 32.7 Å². The normalized spacial score (nSPS) is 39.2. The van der Waals surface area contributed by atoms with Crippen molar-refractivity contribution in [3.8, 4) is 0 Å². The first-order valence-electron chi connectivity index (χ1n) is 29.8. The number of carbonyl (C=O) groups is 4. The highest BCUT2D eigenvalue weighted by atomic mass is 16.8. The largest absolute Gasteiger partial charge is 0.445 e. The van der Waals surface area contributed by atoms with Gasteiger partial charge in [-0.15, -0.1) is 0 Å². The number of carbonyl (C=O) groups excluding carboxylic acids is 4. The number of amides is 5. The van der Waals surface area contributed by atoms with E-state index in [9.17, 15) is 29.4 Å². The number of alkyl carbamates (subject to hydrolysis) is 1. The van der Waals surface area contributed by atoms with E-state index >= 15 is 0 Å². The maximum absolute atomic E-state index is 13.3. The molecular weight excluding hydrogens is 1050 g/mol. The van der Waals surface area contributed by atoms with Crippen LogP contribution in [0.4, 0.5) is 15.3 Å². The van der Waals surface area contributed by atoms with E-state index in [0.29, 0.717) is 56.2 Å². The summed E-state index contributed by atoms with van der Waals surface area (Å²) in [5.41, 5.74) is 14.4. The zero-order valence-electron chi connectivity index (χ0n) is 47.4. The van der Waals surface area contributed by atoms with Gasteiger partial charge in [0.25, 0.3) is 0 Å². The first-order chi connectivity index (χ1) is 38.8. The van der Waals surface area contributed by atoms with E-state index in [-0.39, 0.29) is 117 Å². The number of hydrogen-bond donors (Lipinski definition) is 8. The summed E-state index contributed by atoms with van der Waals surface area (Å²) in [7, 11) is 1.62. The van der Waals surface area contributed by atoms with Crippen molar-refractivity contribution in [2.75, 3.05) is 25.5 Å². The van der Waals surface area contributed by atoms with E-state index in [1.807, 2.05) is 0 Å². The highest BCUT2D eigenvalue weighted by molar-refractivity contribution is 5.97. The Balaban J connectivity index is 0.761. The fraction of sp³-hybridized carbons (Fsp3) is 0.763. The van der Waals surface area contributed by atoms with E-state index in [2.05, 4.69) is 41.3 Å². The van der Waals surface area contributed by atoms with Crippen LogP contribution in [-0.4, -0.2) is 176 Å². The maximum Gasteiger partial charge on any atom is 0.407 e. The lowest BCUT2D eigenvalue weighted by molar-refractivity contribution is -0.294. The van der Waals surface area contributed by atoms with Crippen LogP contribution in [0.25, 0.3) is 0 Å². The molecule has 5 amide bonds. The summed E-state index contributed by atoms with van der Waals surface area (Å²) in [6.07, 6.45) is 2.04. The van der Waals surface area contributed by atoms with Crippen LogP contribution in [0.1, 0.15) is 123 Å². The molecule has 0 aromatic heterocycles. The summed E-state index contributed by atoms with van der Waals surface area (Å²) in [6.45, 7) is 14.8. The minimum atomic E-state index is -1.04. The average Bonchev–Trinajstić information content (AvgIpc) is 3.90. The van der Waals surface area contributed by atoms with Crippen molar-refractivity contribution in [3.05, 3.63) is 54.1 Å². The molecule has 10 aliphatic heterocycles. The molecule has 12 bridgehead atoms. The molecule has 22 nitrogen and oxygen atoms in total. The molecule has 10 heterocycles. The topological polar surface area (TPSA) is 301 Å². The highest BCUT2D eigenvalue weighted by Crippen LogP contribution is 2.54. The van der Waals surface area contributed by atoms with E-state index in [1.165, 1.54) is 0 Å². The number of nitrogens with one attached hydrogen (secondary N) is 4. The number of fused-ring (bicyclic) bond motifs is 6. The van der Waals surface area contributed by atoms with Gasteiger partial charge in [-0.05, 0) is 111 Å². The summed E-state index contributed by atoms with van der Waals surface area (Å²) in [4.78, 5) is 50.3. The van der Waals surface area contributed by atoms with Crippen LogP contribution in [0.3, 0.4) is 0 Å². The number of aliphatic hydroxyl groups is 2. The third-order valence-corrected chi connectivity index (χ3v) is 18.6. The summed E-state index contributed by atoms with van der Waals surface area (Å²) in [5.74, 6) is -2.02. The lowest BCUT2D eigenvalue weighted by Crippen LogP contribution is -2.61. The number of hydrogen-bond acceptors (Lipinski definition) is 17. The van der Waals surface area contributed by atoms with Crippen LogP contribution in [0.2, 0.25) is 0 Å². The summed E-state index contributed by atoms with van der Waals surface area (Å²) < 4.78 is 66.4. The van der Waals surface area contributed by atoms with Crippen LogP contribution in [0.15, 0.2) is 48.6 Å². The molecule has 10 saturated heterocycles. The van der Waals surface area contributed by atoms with Crippen LogP contribution in [0, 0.1) is 17.8 Å². The highest BCUT2D eigenvalue weighted by Gasteiger charge is 2.69. The number of nitrogens with two attached hydrogens (primary N) is 2. The second-order valence-corrected chi connectivity index (χ2v) is 24.8. The van der Waals surface area contributed by atoms with Gasteiger partial charge in [0.05, 0.1) is 79.3 Å². The number of aliphatic hydroxyl groups excluding tert-OH is 2. The molecule has 10 aliphatic rings. The predicted molar refractivity (Wildman–Crippen MR) is 293 cm³/mol. The predicted octanol–water partition coefficient (Wildman–Crippen LogP) is 4.05. The minimum absolute atomic E-state index is 0.00150. The van der Waals surface area contributed by atoms with E-state index in [0.717, 1.165) is 49.7 Å². The average molecular weight is 1140 g/mol. The molecule has 81 heavy (non-hydrogen) atoms. The van der Waals surface area contributed by atoms with Gasteiger partial charge in [0, 0.05) is 57.5 Å². The van der Waals surface area contributed by atoms with Crippen molar-refractivity contribution in [1.82, 2.24) is 16.0 Å². The van der Waals surface area contributed by atoms with E-state index < -0.39 is 78.4 Å². The molecule has 1 aromatic rings. The molecule has 22 heteroatoms. The van der Waals surface area contributed by atoms with E-state index in [4.69, 9.17) is 58.8 Å². The fourth-order valence-corrected chi connectivity index (χ4v) is 14.1. The lowest BCUT2D eigenvalue weighted by Gasteiger charge is -2.47. The standard InChI is InChI=1S/C59H88N6O16/c1-29(2)48(60)56(69)65-41(8-7-19-62-57(61)70)55(68)64-34-11-9-33(10-12-34)28-73-58(71)63-27-36(67)24-46-49(72-6)40-23-35(66)22-38-14-16-43-50(76-38)54-53-52(78-43)51-47(79-53)26-59(80-51,81-54)18-17-39-21-31(4)42(74-39)15-13-37-20-30(3)32(5)44(75-37)25-45(40)77-46/h9-12,29-30,35-54,66-67H,4-5,7-8,13-28,60H2,1-3,6H3,(H,63,71)(H,64,68)(H,65,69)(H3,61,62,70)/t30-,35?,36+,37+,38-,39+,40+,41+,42?,43+,44-,45+,46-,47-,48+,49-,50+,51+,52?,53?,54+,59+/m1/s1. The first kappa shape index (κ1) is 59.8. The number of methoxy groups -OCH3 is 1. The Labute approximate surface area is 475 Å². The van der Waals surface area contributed by atoms with Gasteiger partial charge in [0.15, 0.2) is 5.79 Å². The van der Waals surface area contributed by atoms with Gasteiger partial charge in [0.2, 0.25) is 11.8 Å². The molecule has 4 unspecified atom stereocenters. The van der Waals surface area contributed by atoms with Gasteiger partial charge in [-0.1, -0.05) is 46.1 Å². The summed E-state index contributed by atoms with van der Waals surface area (Å²) in [5, 5.41) is 34.2. The number of benzene rings is 1.